The maximum absolute atomic E-state index is 12.8. The summed E-state index contributed by atoms with van der Waals surface area (Å²) in [5.41, 5.74) is 2.04. The van der Waals surface area contributed by atoms with E-state index < -0.39 is 0 Å². The second-order valence-electron chi connectivity index (χ2n) is 6.08. The molecule has 0 radical (unpaired) electrons. The van der Waals surface area contributed by atoms with Gasteiger partial charge < -0.3 is 19.1 Å². The molecule has 1 aromatic rings. The molecule has 6 nitrogen and oxygen atoms in total. The first-order valence-corrected chi connectivity index (χ1v) is 11.1. The topological polar surface area (TPSA) is 60.4 Å². The molecule has 2 aliphatic heterocycles. The largest absolute Gasteiger partial charge is 0.490 e. The van der Waals surface area contributed by atoms with Gasteiger partial charge >= 0.3 is 5.97 Å². The summed E-state index contributed by atoms with van der Waals surface area (Å²) in [4.78, 5) is 19.4. The quantitative estimate of drug-likeness (QED) is 0.298. The second kappa shape index (κ2) is 9.59. The zero-order valence-corrected chi connectivity index (χ0v) is 19.4. The molecule has 0 N–H and O–H groups in total. The lowest BCUT2D eigenvalue weighted by molar-refractivity contribution is -0.139. The Balaban J connectivity index is 2.13. The van der Waals surface area contributed by atoms with Crippen LogP contribution in [-0.2, 0) is 9.53 Å². The van der Waals surface area contributed by atoms with Crippen LogP contribution < -0.4 is 9.47 Å². The van der Waals surface area contributed by atoms with Crippen molar-refractivity contribution >= 4 is 45.5 Å². The van der Waals surface area contributed by atoms with Gasteiger partial charge in [-0.2, -0.15) is 0 Å². The van der Waals surface area contributed by atoms with Crippen molar-refractivity contribution < 1.29 is 19.0 Å². The third-order valence-electron chi connectivity index (χ3n) is 4.26. The van der Waals surface area contributed by atoms with Crippen molar-refractivity contribution in [3.8, 4) is 23.8 Å². The van der Waals surface area contributed by atoms with E-state index in [2.05, 4.69) is 33.5 Å². The van der Waals surface area contributed by atoms with Gasteiger partial charge in [-0.05, 0) is 66.5 Å². The molecule has 0 aromatic heterocycles. The lowest BCUT2D eigenvalue weighted by Crippen LogP contribution is -2.34. The average molecular weight is 524 g/mol. The van der Waals surface area contributed by atoms with E-state index >= 15 is 0 Å². The number of esters is 1. The zero-order valence-electron chi connectivity index (χ0n) is 16.4. The number of carbonyl (C=O) groups is 1. The van der Waals surface area contributed by atoms with Gasteiger partial charge in [0.05, 0.1) is 34.1 Å². The third kappa shape index (κ3) is 4.41. The number of carbonyl (C=O) groups excluding carboxylic acids is 1. The highest BCUT2D eigenvalue weighted by Gasteiger charge is 2.38. The molecular weight excluding hydrogens is 503 g/mol. The van der Waals surface area contributed by atoms with E-state index in [0.717, 1.165) is 14.3 Å². The van der Waals surface area contributed by atoms with E-state index in [1.807, 2.05) is 42.5 Å². The molecule has 1 atom stereocenters. The van der Waals surface area contributed by atoms with E-state index in [-0.39, 0.29) is 18.6 Å². The monoisotopic (exact) mass is 524 g/mol. The number of fused-ring (bicyclic) bond motifs is 1. The van der Waals surface area contributed by atoms with Crippen molar-refractivity contribution in [3.63, 3.8) is 0 Å². The van der Waals surface area contributed by atoms with E-state index in [0.29, 0.717) is 36.0 Å². The molecule has 0 aliphatic carbocycles. The molecule has 2 heterocycles. The van der Waals surface area contributed by atoms with Crippen molar-refractivity contribution in [3.05, 3.63) is 44.1 Å². The Labute approximate surface area is 188 Å². The number of ether oxygens (including phenoxy) is 3. The Morgan fingerprint density at radius 2 is 2.14 bits per heavy atom. The number of allylic oxidation sites excluding steroid dienone is 1. The summed E-state index contributed by atoms with van der Waals surface area (Å²) in [6, 6.07) is 3.50. The molecule has 29 heavy (non-hydrogen) atoms. The van der Waals surface area contributed by atoms with Crippen LogP contribution in [-0.4, -0.2) is 35.9 Å². The minimum Gasteiger partial charge on any atom is -0.490 e. The highest BCUT2D eigenvalue weighted by atomic mass is 127. The number of aliphatic imine (C=N–C) groups is 1. The van der Waals surface area contributed by atoms with Crippen molar-refractivity contribution in [1.29, 1.82) is 0 Å². The molecule has 0 amide bonds. The normalized spacial score (nSPS) is 17.6. The van der Waals surface area contributed by atoms with Gasteiger partial charge in [0, 0.05) is 6.20 Å². The van der Waals surface area contributed by atoms with Crippen molar-refractivity contribution in [2.45, 2.75) is 26.8 Å². The SMILES string of the molecule is C#CCOc1c(I)cc([C@@H]2C(C(=O)OCC)=C(C)N=C3SC=CN32)cc1OCC. The summed E-state index contributed by atoms with van der Waals surface area (Å²) in [5, 5.41) is 2.77. The highest BCUT2D eigenvalue weighted by molar-refractivity contribution is 14.1. The number of hydrogen-bond donors (Lipinski definition) is 0. The van der Waals surface area contributed by atoms with Crippen LogP contribution in [0.5, 0.6) is 11.5 Å². The summed E-state index contributed by atoms with van der Waals surface area (Å²) in [7, 11) is 0. The fourth-order valence-corrected chi connectivity index (χ4v) is 4.73. The van der Waals surface area contributed by atoms with E-state index in [9.17, 15) is 4.79 Å². The summed E-state index contributed by atoms with van der Waals surface area (Å²) in [6.45, 7) is 6.45. The summed E-state index contributed by atoms with van der Waals surface area (Å²) in [6.07, 6.45) is 7.27. The minimum absolute atomic E-state index is 0.147. The molecule has 1 aromatic carbocycles. The van der Waals surface area contributed by atoms with Gasteiger partial charge in [0.15, 0.2) is 16.7 Å². The minimum atomic E-state index is -0.373. The molecule has 0 spiro atoms. The number of terminal acetylenes is 1. The van der Waals surface area contributed by atoms with E-state index in [1.54, 1.807) is 6.92 Å². The molecule has 152 valence electrons. The van der Waals surface area contributed by atoms with E-state index in [4.69, 9.17) is 20.6 Å². The molecule has 8 heteroatoms. The maximum atomic E-state index is 12.8. The van der Waals surface area contributed by atoms with Crippen molar-refractivity contribution in [2.75, 3.05) is 19.8 Å². The van der Waals surface area contributed by atoms with Gasteiger partial charge in [-0.1, -0.05) is 17.7 Å². The lowest BCUT2D eigenvalue weighted by atomic mass is 9.94. The van der Waals surface area contributed by atoms with Crippen LogP contribution in [0.25, 0.3) is 0 Å². The maximum Gasteiger partial charge on any atom is 0.338 e. The molecule has 0 saturated carbocycles. The van der Waals surface area contributed by atoms with Crippen LogP contribution in [0.2, 0.25) is 0 Å². The fourth-order valence-electron chi connectivity index (χ4n) is 3.16. The van der Waals surface area contributed by atoms with Gasteiger partial charge in [0.2, 0.25) is 0 Å². The summed E-state index contributed by atoms with van der Waals surface area (Å²) < 4.78 is 17.7. The van der Waals surface area contributed by atoms with Crippen LogP contribution in [0.4, 0.5) is 0 Å². The number of amidine groups is 1. The lowest BCUT2D eigenvalue weighted by Gasteiger charge is -2.33. The van der Waals surface area contributed by atoms with Crippen LogP contribution in [0, 0.1) is 15.9 Å². The van der Waals surface area contributed by atoms with Crippen LogP contribution in [0.3, 0.4) is 0 Å². The third-order valence-corrected chi connectivity index (χ3v) is 5.84. The molecule has 0 fully saturated rings. The predicted molar refractivity (Wildman–Crippen MR) is 123 cm³/mol. The smallest absolute Gasteiger partial charge is 0.338 e. The Bertz CT molecular complexity index is 949. The Morgan fingerprint density at radius 1 is 1.34 bits per heavy atom. The van der Waals surface area contributed by atoms with Crippen molar-refractivity contribution in [2.24, 2.45) is 4.99 Å². The van der Waals surface area contributed by atoms with Gasteiger partial charge in [0.25, 0.3) is 0 Å². The van der Waals surface area contributed by atoms with Gasteiger partial charge in [-0.15, -0.1) is 6.42 Å². The summed E-state index contributed by atoms with van der Waals surface area (Å²) >= 11 is 3.71. The van der Waals surface area contributed by atoms with Gasteiger partial charge in [-0.25, -0.2) is 9.79 Å². The fraction of sp³-hybridized carbons (Fsp3) is 0.333. The molecule has 0 saturated heterocycles. The molecule has 0 unspecified atom stereocenters. The average Bonchev–Trinajstić information content (AvgIpc) is 3.14. The standard InChI is InChI=1S/C21H21IN2O4S/c1-5-9-28-19-15(22)11-14(12-16(19)26-6-2)18-17(20(25)27-7-3)13(4)23-21-24(18)8-10-29-21/h1,8,10-12,18H,6-7,9H2,2-4H3/t18-/m1/s1. The number of benzene rings is 1. The second-order valence-corrected chi connectivity index (χ2v) is 8.12. The number of rotatable bonds is 7. The molecule has 0 bridgehead atoms. The Hall–Kier alpha value is -2.12. The number of halogens is 1. The number of thioether (sulfide) groups is 1. The summed E-state index contributed by atoms with van der Waals surface area (Å²) in [5.74, 6) is 3.29. The zero-order chi connectivity index (χ0) is 21.0. The first kappa shape index (κ1) is 21.6. The van der Waals surface area contributed by atoms with E-state index in [1.165, 1.54) is 11.8 Å². The Morgan fingerprint density at radius 3 is 2.83 bits per heavy atom. The first-order valence-electron chi connectivity index (χ1n) is 9.12. The van der Waals surface area contributed by atoms with Gasteiger partial charge in [-0.3, -0.25) is 0 Å². The van der Waals surface area contributed by atoms with Crippen LogP contribution >= 0.6 is 34.4 Å². The Kier molecular flexibility index (Phi) is 7.14. The van der Waals surface area contributed by atoms with Gasteiger partial charge in [0.1, 0.15) is 6.61 Å². The highest BCUT2D eigenvalue weighted by Crippen LogP contribution is 2.44. The number of nitrogens with zero attached hydrogens (tertiary/aromatic N) is 2. The molecule has 2 aliphatic rings. The molecular formula is C21H21IN2O4S. The molecule has 3 rings (SSSR count). The first-order chi connectivity index (χ1) is 14.0. The van der Waals surface area contributed by atoms with Crippen LogP contribution in [0.15, 0.2) is 40.0 Å². The number of hydrogen-bond acceptors (Lipinski definition) is 7. The van der Waals surface area contributed by atoms with Crippen molar-refractivity contribution in [1.82, 2.24) is 4.90 Å². The predicted octanol–water partition coefficient (Wildman–Crippen LogP) is 4.47. The van der Waals surface area contributed by atoms with Crippen LogP contribution in [0.1, 0.15) is 32.4 Å².